The number of nitrogens with zero attached hydrogens (tertiary/aromatic N) is 3. The number of morpholine rings is 1. The number of benzene rings is 1. The summed E-state index contributed by atoms with van der Waals surface area (Å²) in [4.78, 5) is 9.71. The van der Waals surface area contributed by atoms with Crippen LogP contribution >= 0.6 is 39.9 Å². The van der Waals surface area contributed by atoms with Crippen molar-refractivity contribution >= 4 is 45.9 Å². The van der Waals surface area contributed by atoms with Crippen molar-refractivity contribution in [3.63, 3.8) is 0 Å². The molecule has 3 rings (SSSR count). The van der Waals surface area contributed by atoms with Crippen LogP contribution in [0.4, 0.5) is 4.39 Å². The molecule has 0 spiro atoms. The maximum atomic E-state index is 13.3. The highest BCUT2D eigenvalue weighted by atomic mass is 127. The van der Waals surface area contributed by atoms with Gasteiger partial charge < -0.3 is 15.0 Å². The van der Waals surface area contributed by atoms with Gasteiger partial charge in [-0.25, -0.2) is 4.39 Å². The lowest BCUT2D eigenvalue weighted by Crippen LogP contribution is -2.46. The fraction of sp³-hybridized carbons (Fsp3) is 0.632. The van der Waals surface area contributed by atoms with E-state index in [-0.39, 0.29) is 29.8 Å². The summed E-state index contributed by atoms with van der Waals surface area (Å²) in [5.41, 5.74) is 1.09. The lowest BCUT2D eigenvalue weighted by Gasteiger charge is -2.32. The Morgan fingerprint density at radius 2 is 2.11 bits per heavy atom. The number of ether oxygens (including phenoxy) is 1. The quantitative estimate of drug-likeness (QED) is 0.345. The molecule has 0 aliphatic carbocycles. The summed E-state index contributed by atoms with van der Waals surface area (Å²) in [5, 5.41) is 3.42. The van der Waals surface area contributed by atoms with Crippen molar-refractivity contribution < 1.29 is 9.13 Å². The Kier molecular flexibility index (Phi) is 9.75. The fourth-order valence-corrected chi connectivity index (χ4v) is 4.01. The predicted molar refractivity (Wildman–Crippen MR) is 122 cm³/mol. The second-order valence-electron chi connectivity index (χ2n) is 6.77. The molecule has 1 aromatic rings. The summed E-state index contributed by atoms with van der Waals surface area (Å²) in [6, 6.07) is 5.76. The molecule has 0 bridgehead atoms. The normalized spacial score (nSPS) is 21.2. The Balaban J connectivity index is 0.00000261. The Morgan fingerprint density at radius 1 is 1.33 bits per heavy atom. The first-order chi connectivity index (χ1) is 12.7. The third-order valence-corrected chi connectivity index (χ3v) is 5.61. The third-order valence-electron chi connectivity index (χ3n) is 5.01. The van der Waals surface area contributed by atoms with Crippen molar-refractivity contribution in [3.8, 4) is 0 Å². The Hall–Kier alpha value is -0.450. The molecule has 0 saturated carbocycles. The minimum atomic E-state index is -0.225. The first kappa shape index (κ1) is 22.8. The second kappa shape index (κ2) is 11.5. The molecule has 2 aliphatic heterocycles. The number of halogens is 3. The van der Waals surface area contributed by atoms with Gasteiger partial charge in [-0.1, -0.05) is 6.07 Å². The number of nitrogens with one attached hydrogen (secondary N) is 1. The van der Waals surface area contributed by atoms with Gasteiger partial charge in [0.05, 0.1) is 17.7 Å². The minimum absolute atomic E-state index is 0. The van der Waals surface area contributed by atoms with E-state index in [1.165, 1.54) is 12.5 Å². The van der Waals surface area contributed by atoms with Gasteiger partial charge in [0.25, 0.3) is 0 Å². The summed E-state index contributed by atoms with van der Waals surface area (Å²) in [6.45, 7) is 9.47. The molecule has 1 unspecified atom stereocenters. The minimum Gasteiger partial charge on any atom is -0.379 e. The molecule has 2 aliphatic rings. The smallest absolute Gasteiger partial charge is 0.193 e. The van der Waals surface area contributed by atoms with Gasteiger partial charge >= 0.3 is 0 Å². The number of hydrogen-bond donors (Lipinski definition) is 1. The molecule has 8 heteroatoms. The predicted octanol–water partition coefficient (Wildman–Crippen LogP) is 3.12. The zero-order valence-corrected chi connectivity index (χ0v) is 19.7. The van der Waals surface area contributed by atoms with Crippen LogP contribution in [0.5, 0.6) is 0 Å². The van der Waals surface area contributed by atoms with Gasteiger partial charge in [-0.05, 0) is 53.4 Å². The Labute approximate surface area is 186 Å². The zero-order valence-electron chi connectivity index (χ0n) is 15.8. The zero-order chi connectivity index (χ0) is 18.4. The van der Waals surface area contributed by atoms with Gasteiger partial charge in [-0.3, -0.25) is 9.89 Å². The van der Waals surface area contributed by atoms with Crippen LogP contribution in [0.1, 0.15) is 18.9 Å². The molecule has 5 nitrogen and oxygen atoms in total. The van der Waals surface area contributed by atoms with Gasteiger partial charge in [-0.2, -0.15) is 0 Å². The summed E-state index contributed by atoms with van der Waals surface area (Å²) >= 11 is 3.25. The summed E-state index contributed by atoms with van der Waals surface area (Å²) in [7, 11) is 0. The van der Waals surface area contributed by atoms with E-state index in [9.17, 15) is 4.39 Å². The van der Waals surface area contributed by atoms with E-state index in [0.717, 1.165) is 63.9 Å². The van der Waals surface area contributed by atoms with Crippen LogP contribution < -0.4 is 5.32 Å². The SMILES string of the molecule is CCNC(=NCCc1ccc(F)c(Br)c1)N1CCC(N2CCOCC2)C1.I. The lowest BCUT2D eigenvalue weighted by atomic mass is 10.1. The van der Waals surface area contributed by atoms with E-state index in [2.05, 4.69) is 38.0 Å². The molecule has 1 atom stereocenters. The van der Waals surface area contributed by atoms with Crippen LogP contribution in [0.2, 0.25) is 0 Å². The van der Waals surface area contributed by atoms with E-state index in [1.54, 1.807) is 0 Å². The maximum absolute atomic E-state index is 13.3. The number of likely N-dealkylation sites (tertiary alicyclic amines) is 1. The first-order valence-corrected chi connectivity index (χ1v) is 10.3. The molecule has 1 aromatic carbocycles. The van der Waals surface area contributed by atoms with Gasteiger partial charge in [0.1, 0.15) is 5.82 Å². The molecule has 2 fully saturated rings. The van der Waals surface area contributed by atoms with Crippen LogP contribution in [0.15, 0.2) is 27.7 Å². The number of aliphatic imine (C=N–C) groups is 1. The lowest BCUT2D eigenvalue weighted by molar-refractivity contribution is 0.0195. The summed E-state index contributed by atoms with van der Waals surface area (Å²) in [6.07, 6.45) is 1.98. The molecular formula is C19H29BrFIN4O. The third kappa shape index (κ3) is 6.54. The number of hydrogen-bond acceptors (Lipinski definition) is 3. The average molecular weight is 555 g/mol. The summed E-state index contributed by atoms with van der Waals surface area (Å²) in [5.74, 6) is 0.765. The molecule has 0 radical (unpaired) electrons. The van der Waals surface area contributed by atoms with E-state index in [1.807, 2.05) is 12.1 Å². The van der Waals surface area contributed by atoms with Crippen molar-refractivity contribution in [1.29, 1.82) is 0 Å². The van der Waals surface area contributed by atoms with E-state index in [4.69, 9.17) is 9.73 Å². The number of guanidine groups is 1. The molecule has 152 valence electrons. The summed E-state index contributed by atoms with van der Waals surface area (Å²) < 4.78 is 19.3. The molecule has 0 aromatic heterocycles. The number of rotatable bonds is 5. The van der Waals surface area contributed by atoms with E-state index in [0.29, 0.717) is 17.1 Å². The fourth-order valence-electron chi connectivity index (χ4n) is 3.59. The maximum Gasteiger partial charge on any atom is 0.193 e. The first-order valence-electron chi connectivity index (χ1n) is 9.46. The molecule has 0 amide bonds. The second-order valence-corrected chi connectivity index (χ2v) is 7.63. The molecule has 27 heavy (non-hydrogen) atoms. The molecular weight excluding hydrogens is 526 g/mol. The van der Waals surface area contributed by atoms with Gasteiger partial charge in [0, 0.05) is 45.3 Å². The van der Waals surface area contributed by atoms with Crippen LogP contribution in [0, 0.1) is 5.82 Å². The van der Waals surface area contributed by atoms with Gasteiger partial charge in [0.2, 0.25) is 0 Å². The van der Waals surface area contributed by atoms with Crippen molar-refractivity contribution in [3.05, 3.63) is 34.1 Å². The van der Waals surface area contributed by atoms with Crippen molar-refractivity contribution in [2.75, 3.05) is 52.5 Å². The molecule has 2 heterocycles. The van der Waals surface area contributed by atoms with Gasteiger partial charge in [0.15, 0.2) is 5.96 Å². The Bertz CT molecular complexity index is 628. The average Bonchev–Trinajstić information content (AvgIpc) is 3.15. The molecule has 1 N–H and O–H groups in total. The van der Waals surface area contributed by atoms with Crippen LogP contribution in [-0.4, -0.2) is 74.3 Å². The van der Waals surface area contributed by atoms with Gasteiger partial charge in [-0.15, -0.1) is 24.0 Å². The molecule has 2 saturated heterocycles. The highest BCUT2D eigenvalue weighted by Gasteiger charge is 2.30. The van der Waals surface area contributed by atoms with Crippen molar-refractivity contribution in [1.82, 2.24) is 15.1 Å². The van der Waals surface area contributed by atoms with Crippen molar-refractivity contribution in [2.24, 2.45) is 4.99 Å². The largest absolute Gasteiger partial charge is 0.379 e. The van der Waals surface area contributed by atoms with E-state index >= 15 is 0 Å². The van der Waals surface area contributed by atoms with Crippen molar-refractivity contribution in [2.45, 2.75) is 25.8 Å². The Morgan fingerprint density at radius 3 is 2.81 bits per heavy atom. The highest BCUT2D eigenvalue weighted by Crippen LogP contribution is 2.18. The van der Waals surface area contributed by atoms with Crippen LogP contribution in [0.25, 0.3) is 0 Å². The standard InChI is InChI=1S/C19H28BrFN4O.HI/c1-2-22-19(23-7-5-15-3-4-18(21)17(20)13-15)25-8-6-16(14-25)24-9-11-26-12-10-24;/h3-4,13,16H,2,5-12,14H2,1H3,(H,22,23);1H. The highest BCUT2D eigenvalue weighted by molar-refractivity contribution is 14.0. The van der Waals surface area contributed by atoms with Crippen LogP contribution in [0.3, 0.4) is 0 Å². The van der Waals surface area contributed by atoms with E-state index < -0.39 is 0 Å². The van der Waals surface area contributed by atoms with Crippen LogP contribution in [-0.2, 0) is 11.2 Å². The topological polar surface area (TPSA) is 40.1 Å². The monoisotopic (exact) mass is 554 g/mol.